The molecule has 0 aliphatic heterocycles. The van der Waals surface area contributed by atoms with Crippen molar-refractivity contribution in [2.75, 3.05) is 0 Å². The Kier molecular flexibility index (Phi) is 2.91. The Morgan fingerprint density at radius 2 is 2.07 bits per heavy atom. The molecule has 0 amide bonds. The predicted molar refractivity (Wildman–Crippen MR) is 56.2 cm³/mol. The largest absolute Gasteiger partial charge is 0.221 e. The van der Waals surface area contributed by atoms with Crippen LogP contribution in [0.2, 0.25) is 4.34 Å². The van der Waals surface area contributed by atoms with Gasteiger partial charge in [0.1, 0.15) is 4.21 Å². The van der Waals surface area contributed by atoms with E-state index in [0.29, 0.717) is 4.34 Å². The normalized spacial score (nSPS) is 12.4. The van der Waals surface area contributed by atoms with E-state index >= 15 is 0 Å². The van der Waals surface area contributed by atoms with Gasteiger partial charge in [-0.05, 0) is 26.0 Å². The lowest BCUT2D eigenvalue weighted by atomic mass is 10.2. The summed E-state index contributed by atoms with van der Waals surface area (Å²) in [5.74, 6) is 0. The van der Waals surface area contributed by atoms with E-state index in [1.54, 1.807) is 6.07 Å². The zero-order valence-corrected chi connectivity index (χ0v) is 10.0. The monoisotopic (exact) mass is 249 g/mol. The molecule has 0 saturated heterocycles. The second-order valence-electron chi connectivity index (χ2n) is 3.18. The maximum atomic E-state index is 11.8. The van der Waals surface area contributed by atoms with Crippen molar-refractivity contribution in [3.05, 3.63) is 16.5 Å². The molecule has 0 unspecified atom stereocenters. The van der Waals surface area contributed by atoms with E-state index in [0.717, 1.165) is 11.3 Å². The van der Waals surface area contributed by atoms with Crippen LogP contribution < -0.4 is 0 Å². The van der Waals surface area contributed by atoms with Gasteiger partial charge in [-0.15, -0.1) is 11.3 Å². The van der Waals surface area contributed by atoms with Gasteiger partial charge < -0.3 is 0 Å². The fourth-order valence-electron chi connectivity index (χ4n) is 0.754. The molecule has 0 spiro atoms. The Labute approximate surface area is 91.9 Å². The molecular formula is C8H8ClNO2S2. The molecule has 0 N–H and O–H groups in total. The molecule has 0 fully saturated rings. The van der Waals surface area contributed by atoms with Gasteiger partial charge in [0, 0.05) is 0 Å². The van der Waals surface area contributed by atoms with Crippen molar-refractivity contribution >= 4 is 32.8 Å². The lowest BCUT2D eigenvalue weighted by molar-refractivity contribution is 0.576. The van der Waals surface area contributed by atoms with Crippen molar-refractivity contribution in [2.45, 2.75) is 22.8 Å². The van der Waals surface area contributed by atoms with Crippen molar-refractivity contribution in [1.29, 1.82) is 5.26 Å². The van der Waals surface area contributed by atoms with E-state index in [-0.39, 0.29) is 4.21 Å². The van der Waals surface area contributed by atoms with Crippen molar-refractivity contribution < 1.29 is 8.42 Å². The van der Waals surface area contributed by atoms with Crippen LogP contribution in [0.4, 0.5) is 0 Å². The summed E-state index contributed by atoms with van der Waals surface area (Å²) in [5, 5.41) is 8.74. The van der Waals surface area contributed by atoms with E-state index in [4.69, 9.17) is 16.9 Å². The van der Waals surface area contributed by atoms with E-state index < -0.39 is 14.6 Å². The van der Waals surface area contributed by atoms with Gasteiger partial charge in [0.25, 0.3) is 0 Å². The Hall–Kier alpha value is -0.570. The summed E-state index contributed by atoms with van der Waals surface area (Å²) in [6.45, 7) is 2.74. The number of halogens is 1. The molecule has 1 heterocycles. The molecule has 76 valence electrons. The fourth-order valence-corrected chi connectivity index (χ4v) is 3.87. The van der Waals surface area contributed by atoms with Crippen molar-refractivity contribution in [3.63, 3.8) is 0 Å². The number of sulfone groups is 1. The minimum absolute atomic E-state index is 0.133. The van der Waals surface area contributed by atoms with Crippen LogP contribution in [0.3, 0.4) is 0 Å². The Morgan fingerprint density at radius 3 is 2.43 bits per heavy atom. The van der Waals surface area contributed by atoms with E-state index in [1.807, 2.05) is 0 Å². The van der Waals surface area contributed by atoms with Crippen molar-refractivity contribution in [1.82, 2.24) is 0 Å². The first-order valence-electron chi connectivity index (χ1n) is 3.72. The number of nitrogens with zero attached hydrogens (tertiary/aromatic N) is 1. The van der Waals surface area contributed by atoms with Gasteiger partial charge in [0.05, 0.1) is 10.4 Å². The maximum absolute atomic E-state index is 11.8. The van der Waals surface area contributed by atoms with Crippen LogP contribution in [0, 0.1) is 11.3 Å². The Morgan fingerprint density at radius 1 is 1.50 bits per heavy atom. The number of hydrogen-bond donors (Lipinski definition) is 0. The van der Waals surface area contributed by atoms with E-state index in [1.165, 1.54) is 26.0 Å². The molecular weight excluding hydrogens is 242 g/mol. The Balaban J connectivity index is 3.31. The first-order valence-corrected chi connectivity index (χ1v) is 6.40. The second-order valence-corrected chi connectivity index (χ2v) is 7.62. The maximum Gasteiger partial charge on any atom is 0.206 e. The summed E-state index contributed by atoms with van der Waals surface area (Å²) < 4.78 is 22.8. The summed E-state index contributed by atoms with van der Waals surface area (Å²) >= 11 is 6.59. The number of thiophene rings is 1. The van der Waals surface area contributed by atoms with Gasteiger partial charge in [-0.1, -0.05) is 11.6 Å². The summed E-state index contributed by atoms with van der Waals surface area (Å²) in [6.07, 6.45) is 0. The average molecular weight is 250 g/mol. The van der Waals surface area contributed by atoms with Crippen LogP contribution in [-0.4, -0.2) is 13.2 Å². The molecule has 0 aliphatic rings. The minimum atomic E-state index is -3.59. The number of nitriles is 1. The second kappa shape index (κ2) is 3.54. The highest BCUT2D eigenvalue weighted by atomic mass is 35.5. The molecule has 3 nitrogen and oxygen atoms in total. The molecule has 0 aromatic carbocycles. The number of hydrogen-bond acceptors (Lipinski definition) is 4. The molecule has 0 atom stereocenters. The van der Waals surface area contributed by atoms with Crippen LogP contribution >= 0.6 is 22.9 Å². The molecule has 0 aliphatic carbocycles. The SMILES string of the molecule is CC(C)(C#N)S(=O)(=O)c1ccc(Cl)s1. The first kappa shape index (κ1) is 11.5. The molecule has 6 heteroatoms. The quantitative estimate of drug-likeness (QED) is 0.809. The van der Waals surface area contributed by atoms with Gasteiger partial charge in [0.2, 0.25) is 9.84 Å². The average Bonchev–Trinajstić information content (AvgIpc) is 2.52. The third-order valence-electron chi connectivity index (χ3n) is 1.75. The van der Waals surface area contributed by atoms with Crippen LogP contribution in [0.15, 0.2) is 16.3 Å². The topological polar surface area (TPSA) is 57.9 Å². The minimum Gasteiger partial charge on any atom is -0.221 e. The number of rotatable bonds is 2. The Bertz CT molecular complexity index is 482. The molecule has 0 bridgehead atoms. The summed E-state index contributed by atoms with van der Waals surface area (Å²) in [6, 6.07) is 4.69. The first-order chi connectivity index (χ1) is 6.31. The summed E-state index contributed by atoms with van der Waals surface area (Å²) in [7, 11) is -3.59. The third-order valence-corrected chi connectivity index (χ3v) is 5.79. The van der Waals surface area contributed by atoms with Gasteiger partial charge >= 0.3 is 0 Å². The molecule has 0 saturated carbocycles. The summed E-state index contributed by atoms with van der Waals surface area (Å²) in [5.41, 5.74) is 0. The van der Waals surface area contributed by atoms with E-state index in [2.05, 4.69) is 0 Å². The molecule has 1 aromatic heterocycles. The van der Waals surface area contributed by atoms with Gasteiger partial charge in [-0.3, -0.25) is 0 Å². The smallest absolute Gasteiger partial charge is 0.206 e. The lowest BCUT2D eigenvalue weighted by Gasteiger charge is -2.14. The molecule has 0 radical (unpaired) electrons. The highest BCUT2D eigenvalue weighted by molar-refractivity contribution is 7.95. The van der Waals surface area contributed by atoms with Crippen LogP contribution in [0.5, 0.6) is 0 Å². The van der Waals surface area contributed by atoms with Crippen molar-refractivity contribution in [2.24, 2.45) is 0 Å². The summed E-state index contributed by atoms with van der Waals surface area (Å²) in [4.78, 5) is 0. The van der Waals surface area contributed by atoms with Crippen LogP contribution in [-0.2, 0) is 9.84 Å². The molecule has 1 rings (SSSR count). The van der Waals surface area contributed by atoms with Gasteiger partial charge in [0.15, 0.2) is 4.75 Å². The highest BCUT2D eigenvalue weighted by Gasteiger charge is 2.36. The van der Waals surface area contributed by atoms with Gasteiger partial charge in [-0.2, -0.15) is 5.26 Å². The zero-order valence-electron chi connectivity index (χ0n) is 7.61. The fraction of sp³-hybridized carbons (Fsp3) is 0.375. The van der Waals surface area contributed by atoms with Crippen molar-refractivity contribution in [3.8, 4) is 6.07 Å². The van der Waals surface area contributed by atoms with Crippen LogP contribution in [0.1, 0.15) is 13.8 Å². The highest BCUT2D eigenvalue weighted by Crippen LogP contribution is 2.32. The lowest BCUT2D eigenvalue weighted by Crippen LogP contribution is -2.29. The molecule has 1 aromatic rings. The third kappa shape index (κ3) is 1.78. The predicted octanol–water partition coefficient (Wildman–Crippen LogP) is 2.48. The standard InChI is InChI=1S/C8H8ClNO2S2/c1-8(2,5-10)14(11,12)7-4-3-6(9)13-7/h3-4H,1-2H3. The zero-order chi connectivity index (χ0) is 11.0. The molecule has 14 heavy (non-hydrogen) atoms. The van der Waals surface area contributed by atoms with Crippen LogP contribution in [0.25, 0.3) is 0 Å². The van der Waals surface area contributed by atoms with Gasteiger partial charge in [-0.25, -0.2) is 8.42 Å². The van der Waals surface area contributed by atoms with E-state index in [9.17, 15) is 8.42 Å².